The molecule has 0 N–H and O–H groups in total. The van der Waals surface area contributed by atoms with Gasteiger partial charge in [0.25, 0.3) is 0 Å². The van der Waals surface area contributed by atoms with Gasteiger partial charge in [0.05, 0.1) is 12.0 Å². The summed E-state index contributed by atoms with van der Waals surface area (Å²) in [6, 6.07) is 0. The molecule has 0 bridgehead atoms. The van der Waals surface area contributed by atoms with Gasteiger partial charge in [-0.05, 0) is 34.6 Å². The lowest BCUT2D eigenvalue weighted by Gasteiger charge is -2.18. The molecule has 0 spiro atoms. The summed E-state index contributed by atoms with van der Waals surface area (Å²) in [5.41, 5.74) is -0.605. The van der Waals surface area contributed by atoms with Crippen LogP contribution in [0.2, 0.25) is 0 Å². The molecule has 0 amide bonds. The first-order valence-electron chi connectivity index (χ1n) is 5.63. The van der Waals surface area contributed by atoms with E-state index < -0.39 is 23.3 Å². The van der Waals surface area contributed by atoms with Crippen LogP contribution < -0.4 is 0 Å². The van der Waals surface area contributed by atoms with Crippen molar-refractivity contribution in [2.75, 3.05) is 13.2 Å². The molecule has 1 fully saturated rings. The molecule has 0 saturated carbocycles. The first kappa shape index (κ1) is 14.1. The van der Waals surface area contributed by atoms with E-state index >= 15 is 0 Å². The fourth-order valence-corrected chi connectivity index (χ4v) is 1.29. The average molecular weight is 244 g/mol. The minimum Gasteiger partial charge on any atom is -0.457 e. The van der Waals surface area contributed by atoms with Crippen molar-refractivity contribution >= 4 is 11.8 Å². The number of Topliss-reactive ketones (excluding diaryl/α,β-unsaturated/α-hetero) is 1. The molecule has 1 saturated heterocycles. The van der Waals surface area contributed by atoms with Gasteiger partial charge in [0.2, 0.25) is 5.78 Å². The summed E-state index contributed by atoms with van der Waals surface area (Å²) >= 11 is 0. The highest BCUT2D eigenvalue weighted by molar-refractivity contribution is 5.87. The Labute approximate surface area is 101 Å². The van der Waals surface area contributed by atoms with Crippen LogP contribution in [0.4, 0.5) is 0 Å². The zero-order valence-corrected chi connectivity index (χ0v) is 11.0. The molecule has 17 heavy (non-hydrogen) atoms. The molecule has 1 aliphatic rings. The molecule has 0 aromatic heterocycles. The first-order chi connectivity index (χ1) is 7.62. The van der Waals surface area contributed by atoms with Crippen LogP contribution in [0.1, 0.15) is 34.6 Å². The minimum absolute atomic E-state index is 0.207. The number of carbonyl (C=O) groups is 2. The predicted octanol–water partition coefficient (Wildman–Crippen LogP) is 1.30. The van der Waals surface area contributed by atoms with Gasteiger partial charge >= 0.3 is 5.97 Å². The topological polar surface area (TPSA) is 61.8 Å². The second-order valence-corrected chi connectivity index (χ2v) is 5.61. The van der Waals surface area contributed by atoms with Crippen LogP contribution in [0.3, 0.4) is 0 Å². The molecule has 5 nitrogen and oxygen atoms in total. The molecule has 0 radical (unpaired) electrons. The number of ketones is 1. The van der Waals surface area contributed by atoms with Gasteiger partial charge in [-0.1, -0.05) is 0 Å². The highest BCUT2D eigenvalue weighted by Crippen LogP contribution is 2.23. The van der Waals surface area contributed by atoms with E-state index in [2.05, 4.69) is 0 Å². The van der Waals surface area contributed by atoms with Crippen molar-refractivity contribution in [3.63, 3.8) is 0 Å². The van der Waals surface area contributed by atoms with Crippen LogP contribution in [0.15, 0.2) is 0 Å². The number of rotatable bonds is 3. The molecule has 1 aliphatic heterocycles. The maximum Gasteiger partial charge on any atom is 0.311 e. The molecule has 0 aliphatic carbocycles. The van der Waals surface area contributed by atoms with Crippen molar-refractivity contribution in [2.45, 2.75) is 46.5 Å². The van der Waals surface area contributed by atoms with E-state index in [0.29, 0.717) is 0 Å². The standard InChI is InChI=1S/C12H20O5/c1-11(2,3)10(14)15-6-8(13)9-7-16-12(4,5)17-9/h9H,6-7H2,1-5H3/t9-/m0/s1. The molecule has 0 aromatic carbocycles. The minimum atomic E-state index is -0.742. The van der Waals surface area contributed by atoms with Crippen molar-refractivity contribution in [1.82, 2.24) is 0 Å². The Hall–Kier alpha value is -0.940. The normalized spacial score (nSPS) is 23.5. The Bertz CT molecular complexity index is 313. The van der Waals surface area contributed by atoms with E-state index in [-0.39, 0.29) is 19.0 Å². The third-order valence-corrected chi connectivity index (χ3v) is 2.33. The van der Waals surface area contributed by atoms with Gasteiger partial charge in [-0.2, -0.15) is 0 Å². The van der Waals surface area contributed by atoms with Gasteiger partial charge in [0, 0.05) is 0 Å². The van der Waals surface area contributed by atoms with Crippen molar-refractivity contribution in [3.05, 3.63) is 0 Å². The van der Waals surface area contributed by atoms with E-state index in [9.17, 15) is 9.59 Å². The number of esters is 1. The van der Waals surface area contributed by atoms with Gasteiger partial charge in [-0.15, -0.1) is 0 Å². The van der Waals surface area contributed by atoms with Crippen LogP contribution >= 0.6 is 0 Å². The lowest BCUT2D eigenvalue weighted by molar-refractivity contribution is -0.162. The van der Waals surface area contributed by atoms with E-state index in [0.717, 1.165) is 0 Å². The fraction of sp³-hybridized carbons (Fsp3) is 0.833. The SMILES string of the molecule is CC1(C)OC[C@@H](C(=O)COC(=O)C(C)(C)C)O1. The Morgan fingerprint density at radius 1 is 1.35 bits per heavy atom. The van der Waals surface area contributed by atoms with E-state index in [1.54, 1.807) is 34.6 Å². The quantitative estimate of drug-likeness (QED) is 0.700. The highest BCUT2D eigenvalue weighted by atomic mass is 16.7. The summed E-state index contributed by atoms with van der Waals surface area (Å²) in [5, 5.41) is 0. The third-order valence-electron chi connectivity index (χ3n) is 2.33. The van der Waals surface area contributed by atoms with Crippen molar-refractivity contribution in [3.8, 4) is 0 Å². The zero-order valence-electron chi connectivity index (χ0n) is 11.0. The van der Waals surface area contributed by atoms with Crippen molar-refractivity contribution in [2.24, 2.45) is 5.41 Å². The van der Waals surface area contributed by atoms with Gasteiger partial charge in [-0.3, -0.25) is 9.59 Å². The van der Waals surface area contributed by atoms with Gasteiger partial charge in [-0.25, -0.2) is 0 Å². The molecule has 98 valence electrons. The monoisotopic (exact) mass is 244 g/mol. The van der Waals surface area contributed by atoms with Crippen LogP contribution in [0.5, 0.6) is 0 Å². The maximum atomic E-state index is 11.7. The summed E-state index contributed by atoms with van der Waals surface area (Å²) < 4.78 is 15.6. The van der Waals surface area contributed by atoms with E-state index in [1.807, 2.05) is 0 Å². The first-order valence-corrected chi connectivity index (χ1v) is 5.63. The van der Waals surface area contributed by atoms with Crippen molar-refractivity contribution in [1.29, 1.82) is 0 Å². The van der Waals surface area contributed by atoms with E-state index in [1.165, 1.54) is 0 Å². The van der Waals surface area contributed by atoms with E-state index in [4.69, 9.17) is 14.2 Å². The highest BCUT2D eigenvalue weighted by Gasteiger charge is 2.37. The Balaban J connectivity index is 2.39. The number of hydrogen-bond donors (Lipinski definition) is 0. The van der Waals surface area contributed by atoms with Crippen LogP contribution in [-0.2, 0) is 23.8 Å². The average Bonchev–Trinajstić information content (AvgIpc) is 2.53. The van der Waals surface area contributed by atoms with Crippen LogP contribution in [-0.4, -0.2) is 36.9 Å². The zero-order chi connectivity index (χ0) is 13.3. The third kappa shape index (κ3) is 4.09. The molecular formula is C12H20O5. The molecule has 0 unspecified atom stereocenters. The molecular weight excluding hydrogens is 224 g/mol. The Kier molecular flexibility index (Phi) is 3.94. The fourth-order valence-electron chi connectivity index (χ4n) is 1.29. The van der Waals surface area contributed by atoms with Crippen LogP contribution in [0, 0.1) is 5.41 Å². The summed E-state index contributed by atoms with van der Waals surface area (Å²) in [6.45, 7) is 8.62. The Morgan fingerprint density at radius 2 is 1.94 bits per heavy atom. The molecule has 0 aromatic rings. The van der Waals surface area contributed by atoms with Crippen LogP contribution in [0.25, 0.3) is 0 Å². The molecule has 5 heteroatoms. The lowest BCUT2D eigenvalue weighted by atomic mass is 9.97. The smallest absolute Gasteiger partial charge is 0.311 e. The van der Waals surface area contributed by atoms with Gasteiger partial charge < -0.3 is 14.2 Å². The summed E-state index contributed by atoms with van der Waals surface area (Å²) in [6.07, 6.45) is -0.641. The Morgan fingerprint density at radius 3 is 2.35 bits per heavy atom. The summed E-state index contributed by atoms with van der Waals surface area (Å²) in [7, 11) is 0. The second kappa shape index (κ2) is 4.74. The molecule has 1 heterocycles. The molecule has 1 rings (SSSR count). The lowest BCUT2D eigenvalue weighted by Crippen LogP contribution is -2.32. The maximum absolute atomic E-state index is 11.7. The predicted molar refractivity (Wildman–Crippen MR) is 60.3 cm³/mol. The van der Waals surface area contributed by atoms with Crippen molar-refractivity contribution < 1.29 is 23.8 Å². The summed E-state index contributed by atoms with van der Waals surface area (Å²) in [4.78, 5) is 23.1. The summed E-state index contributed by atoms with van der Waals surface area (Å²) in [5.74, 6) is -1.41. The second-order valence-electron chi connectivity index (χ2n) is 5.61. The largest absolute Gasteiger partial charge is 0.457 e. The van der Waals surface area contributed by atoms with Gasteiger partial charge in [0.15, 0.2) is 12.4 Å². The number of hydrogen-bond acceptors (Lipinski definition) is 5. The molecule has 1 atom stereocenters. The number of carbonyl (C=O) groups excluding carboxylic acids is 2. The van der Waals surface area contributed by atoms with Gasteiger partial charge in [0.1, 0.15) is 6.10 Å². The number of ether oxygens (including phenoxy) is 3.